The van der Waals surface area contributed by atoms with Crippen LogP contribution < -0.4 is 0 Å². The lowest BCUT2D eigenvalue weighted by Crippen LogP contribution is -2.37. The lowest BCUT2D eigenvalue weighted by atomic mass is 9.83. The Bertz CT molecular complexity index is 1370. The summed E-state index contributed by atoms with van der Waals surface area (Å²) in [5.74, 6) is -1.52. The van der Waals surface area contributed by atoms with Gasteiger partial charge in [0.2, 0.25) is 0 Å². The Labute approximate surface area is 242 Å². The molecule has 4 nitrogen and oxygen atoms in total. The molecule has 0 aliphatic heterocycles. The fourth-order valence-electron chi connectivity index (χ4n) is 5.57. The SMILES string of the molecule is CC(OC(=O)C(c1ccccc1)c1ccccc1)[C@H]1C=C[C@](C)(OC(=O)C(c2ccccc2)c2ccccc2)CC1. The Morgan fingerprint density at radius 2 is 1.05 bits per heavy atom. The van der Waals surface area contributed by atoms with Crippen LogP contribution in [0.1, 0.15) is 60.8 Å². The van der Waals surface area contributed by atoms with E-state index in [0.717, 1.165) is 28.7 Å². The van der Waals surface area contributed by atoms with Gasteiger partial charge in [0.25, 0.3) is 0 Å². The molecule has 3 atom stereocenters. The van der Waals surface area contributed by atoms with Gasteiger partial charge < -0.3 is 9.47 Å². The maximum absolute atomic E-state index is 13.6. The Morgan fingerprint density at radius 3 is 1.41 bits per heavy atom. The average Bonchev–Trinajstić information content (AvgIpc) is 3.00. The first-order valence-electron chi connectivity index (χ1n) is 14.3. The third kappa shape index (κ3) is 6.83. The molecule has 0 heterocycles. The molecule has 4 aromatic rings. The Kier molecular flexibility index (Phi) is 8.79. The van der Waals surface area contributed by atoms with Crippen LogP contribution in [0.5, 0.6) is 0 Å². The molecule has 1 aliphatic carbocycles. The van der Waals surface area contributed by atoms with Crippen molar-refractivity contribution in [3.05, 3.63) is 156 Å². The van der Waals surface area contributed by atoms with E-state index in [9.17, 15) is 9.59 Å². The maximum atomic E-state index is 13.6. The zero-order valence-electron chi connectivity index (χ0n) is 23.6. The molecule has 0 N–H and O–H groups in total. The first kappa shape index (κ1) is 28.1. The Hall–Kier alpha value is -4.44. The lowest BCUT2D eigenvalue weighted by Gasteiger charge is -2.35. The van der Waals surface area contributed by atoms with Crippen molar-refractivity contribution in [3.8, 4) is 0 Å². The zero-order chi connectivity index (χ0) is 28.7. The third-order valence-electron chi connectivity index (χ3n) is 7.91. The number of hydrogen-bond acceptors (Lipinski definition) is 4. The Balaban J connectivity index is 1.27. The van der Waals surface area contributed by atoms with E-state index in [2.05, 4.69) is 0 Å². The maximum Gasteiger partial charge on any atom is 0.318 e. The molecule has 0 saturated carbocycles. The predicted molar refractivity (Wildman–Crippen MR) is 161 cm³/mol. The quantitative estimate of drug-likeness (QED) is 0.159. The normalized spacial score (nSPS) is 19.1. The molecule has 0 spiro atoms. The van der Waals surface area contributed by atoms with Gasteiger partial charge in [0.05, 0.1) is 0 Å². The van der Waals surface area contributed by atoms with Crippen molar-refractivity contribution in [2.75, 3.05) is 0 Å². The molecule has 5 rings (SSSR count). The summed E-state index contributed by atoms with van der Waals surface area (Å²) < 4.78 is 12.2. The van der Waals surface area contributed by atoms with Crippen molar-refractivity contribution < 1.29 is 19.1 Å². The van der Waals surface area contributed by atoms with E-state index in [0.29, 0.717) is 6.42 Å². The summed E-state index contributed by atoms with van der Waals surface area (Å²) in [5, 5.41) is 0. The smallest absolute Gasteiger partial charge is 0.318 e. The molecular weight excluding hydrogens is 508 g/mol. The summed E-state index contributed by atoms with van der Waals surface area (Å²) >= 11 is 0. The molecule has 1 aliphatic rings. The van der Waals surface area contributed by atoms with E-state index < -0.39 is 17.4 Å². The summed E-state index contributed by atoms with van der Waals surface area (Å²) in [6.45, 7) is 3.89. The highest BCUT2D eigenvalue weighted by molar-refractivity contribution is 5.83. The molecule has 0 amide bonds. The highest BCUT2D eigenvalue weighted by atomic mass is 16.6. The van der Waals surface area contributed by atoms with Gasteiger partial charge in [-0.15, -0.1) is 0 Å². The fourth-order valence-corrected chi connectivity index (χ4v) is 5.57. The summed E-state index contributed by atoms with van der Waals surface area (Å²) in [6, 6.07) is 39.0. The van der Waals surface area contributed by atoms with Gasteiger partial charge in [0.1, 0.15) is 23.5 Å². The van der Waals surface area contributed by atoms with E-state index in [-0.39, 0.29) is 24.0 Å². The minimum absolute atomic E-state index is 0.0250. The lowest BCUT2D eigenvalue weighted by molar-refractivity contribution is -0.156. The van der Waals surface area contributed by atoms with E-state index in [1.807, 2.05) is 147 Å². The van der Waals surface area contributed by atoms with Gasteiger partial charge in [-0.3, -0.25) is 9.59 Å². The fraction of sp³-hybridized carbons (Fsp3) is 0.243. The van der Waals surface area contributed by atoms with Crippen molar-refractivity contribution in [1.82, 2.24) is 0 Å². The van der Waals surface area contributed by atoms with Crippen LogP contribution in [0.25, 0.3) is 0 Å². The highest BCUT2D eigenvalue weighted by Crippen LogP contribution is 2.35. The number of esters is 2. The predicted octanol–water partition coefficient (Wildman–Crippen LogP) is 7.85. The van der Waals surface area contributed by atoms with Crippen molar-refractivity contribution in [2.45, 2.75) is 50.2 Å². The van der Waals surface area contributed by atoms with Crippen LogP contribution in [0.4, 0.5) is 0 Å². The number of carbonyl (C=O) groups excluding carboxylic acids is 2. The van der Waals surface area contributed by atoms with Gasteiger partial charge in [-0.05, 0) is 55.0 Å². The molecule has 0 radical (unpaired) electrons. The van der Waals surface area contributed by atoms with Gasteiger partial charge in [-0.25, -0.2) is 0 Å². The van der Waals surface area contributed by atoms with Crippen molar-refractivity contribution in [1.29, 1.82) is 0 Å². The standard InChI is InChI=1S/C37H36O4/c1-27(40-35(38)33(29-15-7-3-8-16-29)30-17-9-4-10-18-30)28-23-25-37(2,26-24-28)41-36(39)34(31-19-11-5-12-20-31)32-21-13-6-14-22-32/h3-23,25,27-28,33-34H,24,26H2,1-2H3/t27?,28-,37-/m0/s1. The van der Waals surface area contributed by atoms with Crippen LogP contribution in [0, 0.1) is 5.92 Å². The van der Waals surface area contributed by atoms with E-state index in [1.54, 1.807) is 0 Å². The summed E-state index contributed by atoms with van der Waals surface area (Å²) in [5.41, 5.74) is 2.87. The topological polar surface area (TPSA) is 52.6 Å². The molecule has 0 bridgehead atoms. The van der Waals surface area contributed by atoms with Gasteiger partial charge in [0, 0.05) is 5.92 Å². The molecule has 4 aromatic carbocycles. The van der Waals surface area contributed by atoms with Crippen LogP contribution in [0.2, 0.25) is 0 Å². The number of benzene rings is 4. The number of ether oxygens (including phenoxy) is 2. The van der Waals surface area contributed by atoms with Crippen molar-refractivity contribution >= 4 is 11.9 Å². The van der Waals surface area contributed by atoms with E-state index in [4.69, 9.17) is 9.47 Å². The molecule has 1 unspecified atom stereocenters. The number of hydrogen-bond donors (Lipinski definition) is 0. The molecule has 0 fully saturated rings. The first-order valence-corrected chi connectivity index (χ1v) is 14.3. The minimum atomic E-state index is -0.740. The van der Waals surface area contributed by atoms with Crippen molar-refractivity contribution in [2.24, 2.45) is 5.92 Å². The largest absolute Gasteiger partial charge is 0.461 e. The molecule has 0 saturated heterocycles. The number of rotatable bonds is 9. The van der Waals surface area contributed by atoms with Gasteiger partial charge in [-0.1, -0.05) is 127 Å². The van der Waals surface area contributed by atoms with Crippen LogP contribution >= 0.6 is 0 Å². The molecule has 0 aromatic heterocycles. The van der Waals surface area contributed by atoms with Crippen LogP contribution in [-0.2, 0) is 19.1 Å². The summed E-state index contributed by atoms with van der Waals surface area (Å²) in [4.78, 5) is 27.1. The average molecular weight is 545 g/mol. The molecule has 41 heavy (non-hydrogen) atoms. The van der Waals surface area contributed by atoms with Gasteiger partial charge >= 0.3 is 11.9 Å². The van der Waals surface area contributed by atoms with E-state index in [1.165, 1.54) is 0 Å². The monoisotopic (exact) mass is 544 g/mol. The van der Waals surface area contributed by atoms with Crippen LogP contribution in [0.3, 0.4) is 0 Å². The van der Waals surface area contributed by atoms with Crippen LogP contribution in [-0.4, -0.2) is 23.6 Å². The third-order valence-corrected chi connectivity index (χ3v) is 7.91. The van der Waals surface area contributed by atoms with E-state index >= 15 is 0 Å². The summed E-state index contributed by atoms with van der Waals surface area (Å²) in [6.07, 6.45) is 5.04. The highest BCUT2D eigenvalue weighted by Gasteiger charge is 2.36. The second-order valence-electron chi connectivity index (χ2n) is 10.9. The molecular formula is C37H36O4. The molecule has 4 heteroatoms. The molecule has 208 valence electrons. The second-order valence-corrected chi connectivity index (χ2v) is 10.9. The second kappa shape index (κ2) is 12.8. The zero-order valence-corrected chi connectivity index (χ0v) is 23.6. The van der Waals surface area contributed by atoms with Gasteiger partial charge in [0.15, 0.2) is 0 Å². The van der Waals surface area contributed by atoms with Crippen molar-refractivity contribution in [3.63, 3.8) is 0 Å². The van der Waals surface area contributed by atoms with Crippen LogP contribution in [0.15, 0.2) is 133 Å². The van der Waals surface area contributed by atoms with Gasteiger partial charge in [-0.2, -0.15) is 0 Å². The summed E-state index contributed by atoms with van der Waals surface area (Å²) in [7, 11) is 0. The minimum Gasteiger partial charge on any atom is -0.461 e. The Morgan fingerprint density at radius 1 is 0.659 bits per heavy atom. The first-order chi connectivity index (χ1) is 19.9. The number of carbonyl (C=O) groups is 2.